The van der Waals surface area contributed by atoms with Crippen molar-refractivity contribution in [3.8, 4) is 0 Å². The first-order chi connectivity index (χ1) is 9.97. The van der Waals surface area contributed by atoms with Crippen molar-refractivity contribution in [2.45, 2.75) is 63.9 Å². The third-order valence-electron chi connectivity index (χ3n) is 3.33. The summed E-state index contributed by atoms with van der Waals surface area (Å²) in [5.41, 5.74) is 0. The van der Waals surface area contributed by atoms with Gasteiger partial charge in [0.1, 0.15) is 18.3 Å². The zero-order valence-corrected chi connectivity index (χ0v) is 12.8. The summed E-state index contributed by atoms with van der Waals surface area (Å²) in [6.45, 7) is 3.40. The number of hydrogen-bond acceptors (Lipinski definition) is 6. The van der Waals surface area contributed by atoms with Crippen molar-refractivity contribution in [1.29, 1.82) is 0 Å². The Bertz CT molecular complexity index is 378. The van der Waals surface area contributed by atoms with Gasteiger partial charge in [-0.3, -0.25) is 9.59 Å². The SMILES string of the molecule is CCCC[C@@H](C=C[C@@H]1OC(=O)C[C@@H](OC)[C@@H]1O)OC(C)=O. The predicted molar refractivity (Wildman–Crippen MR) is 75.5 cm³/mol. The average Bonchev–Trinajstić information content (AvgIpc) is 2.44. The molecule has 1 heterocycles. The molecule has 1 fully saturated rings. The molecule has 0 spiro atoms. The first-order valence-corrected chi connectivity index (χ1v) is 7.23. The number of cyclic esters (lactones) is 1. The van der Waals surface area contributed by atoms with Crippen LogP contribution in [0.1, 0.15) is 39.5 Å². The van der Waals surface area contributed by atoms with Gasteiger partial charge in [-0.25, -0.2) is 0 Å². The van der Waals surface area contributed by atoms with E-state index < -0.39 is 24.3 Å². The Labute approximate surface area is 125 Å². The minimum Gasteiger partial charge on any atom is -0.458 e. The molecular weight excluding hydrogens is 276 g/mol. The summed E-state index contributed by atoms with van der Waals surface area (Å²) in [5.74, 6) is -0.781. The Morgan fingerprint density at radius 3 is 2.86 bits per heavy atom. The maximum Gasteiger partial charge on any atom is 0.309 e. The lowest BCUT2D eigenvalue weighted by Gasteiger charge is -2.31. The molecule has 0 aromatic heterocycles. The van der Waals surface area contributed by atoms with Gasteiger partial charge in [0.25, 0.3) is 0 Å². The van der Waals surface area contributed by atoms with Crippen molar-refractivity contribution in [3.63, 3.8) is 0 Å². The molecule has 4 atom stereocenters. The zero-order chi connectivity index (χ0) is 15.8. The topological polar surface area (TPSA) is 82.1 Å². The Morgan fingerprint density at radius 2 is 2.29 bits per heavy atom. The van der Waals surface area contributed by atoms with Gasteiger partial charge in [-0.05, 0) is 25.0 Å². The van der Waals surface area contributed by atoms with Gasteiger partial charge >= 0.3 is 11.9 Å². The van der Waals surface area contributed by atoms with Gasteiger partial charge in [0.15, 0.2) is 0 Å². The second-order valence-electron chi connectivity index (χ2n) is 5.10. The van der Waals surface area contributed by atoms with E-state index in [-0.39, 0.29) is 18.5 Å². The van der Waals surface area contributed by atoms with Crippen LogP contribution < -0.4 is 0 Å². The molecule has 1 aliphatic rings. The highest BCUT2D eigenvalue weighted by Gasteiger charge is 2.36. The number of carbonyl (C=O) groups excluding carboxylic acids is 2. The zero-order valence-electron chi connectivity index (χ0n) is 12.8. The molecule has 0 aromatic rings. The summed E-state index contributed by atoms with van der Waals surface area (Å²) in [5, 5.41) is 10.1. The summed E-state index contributed by atoms with van der Waals surface area (Å²) >= 11 is 0. The van der Waals surface area contributed by atoms with Gasteiger partial charge in [0.05, 0.1) is 12.5 Å². The number of carbonyl (C=O) groups is 2. The Hall–Kier alpha value is -1.40. The minimum atomic E-state index is -0.923. The summed E-state index contributed by atoms with van der Waals surface area (Å²) in [4.78, 5) is 22.5. The van der Waals surface area contributed by atoms with Crippen LogP contribution in [0.4, 0.5) is 0 Å². The molecule has 0 amide bonds. The molecule has 21 heavy (non-hydrogen) atoms. The molecule has 120 valence electrons. The van der Waals surface area contributed by atoms with Gasteiger partial charge in [-0.1, -0.05) is 13.3 Å². The molecule has 0 bridgehead atoms. The van der Waals surface area contributed by atoms with Gasteiger partial charge in [-0.2, -0.15) is 0 Å². The lowest BCUT2D eigenvalue weighted by molar-refractivity contribution is -0.175. The smallest absolute Gasteiger partial charge is 0.309 e. The van der Waals surface area contributed by atoms with Crippen molar-refractivity contribution >= 4 is 11.9 Å². The van der Waals surface area contributed by atoms with E-state index in [0.717, 1.165) is 12.8 Å². The average molecular weight is 300 g/mol. The first-order valence-electron chi connectivity index (χ1n) is 7.23. The number of unbranched alkanes of at least 4 members (excludes halogenated alkanes) is 1. The van der Waals surface area contributed by atoms with E-state index in [0.29, 0.717) is 6.42 Å². The lowest BCUT2D eigenvalue weighted by Crippen LogP contribution is -2.46. The maximum atomic E-state index is 11.5. The van der Waals surface area contributed by atoms with Crippen LogP contribution in [0.2, 0.25) is 0 Å². The number of aliphatic hydroxyl groups is 1. The summed E-state index contributed by atoms with van der Waals surface area (Å²) in [7, 11) is 1.44. The number of hydrogen-bond donors (Lipinski definition) is 1. The van der Waals surface area contributed by atoms with Gasteiger partial charge < -0.3 is 19.3 Å². The number of methoxy groups -OCH3 is 1. The standard InChI is InChI=1S/C15H24O6/c1-4-5-6-11(20-10(2)16)7-8-12-15(18)13(19-3)9-14(17)21-12/h7-8,11-13,15,18H,4-6,9H2,1-3H3/t11-,12-,13+,15+/m0/s1. The molecule has 0 aromatic carbocycles. The number of esters is 2. The Morgan fingerprint density at radius 1 is 1.57 bits per heavy atom. The Balaban J connectivity index is 2.68. The van der Waals surface area contributed by atoms with Crippen LogP contribution in [0.5, 0.6) is 0 Å². The number of rotatable bonds is 7. The summed E-state index contributed by atoms with van der Waals surface area (Å²) < 4.78 is 15.3. The third-order valence-corrected chi connectivity index (χ3v) is 3.33. The molecule has 6 nitrogen and oxygen atoms in total. The highest BCUT2D eigenvalue weighted by molar-refractivity contribution is 5.71. The van der Waals surface area contributed by atoms with Crippen LogP contribution in [0.3, 0.4) is 0 Å². The monoisotopic (exact) mass is 300 g/mol. The largest absolute Gasteiger partial charge is 0.458 e. The van der Waals surface area contributed by atoms with E-state index in [2.05, 4.69) is 0 Å². The molecule has 0 aliphatic carbocycles. The minimum absolute atomic E-state index is 0.0330. The maximum absolute atomic E-state index is 11.5. The molecule has 1 aliphatic heterocycles. The third kappa shape index (κ3) is 5.85. The fourth-order valence-electron chi connectivity index (χ4n) is 2.19. The molecule has 6 heteroatoms. The molecule has 1 saturated heterocycles. The van der Waals surface area contributed by atoms with Gasteiger partial charge in [0.2, 0.25) is 0 Å². The normalized spacial score (nSPS) is 27.4. The van der Waals surface area contributed by atoms with Crippen molar-refractivity contribution in [2.75, 3.05) is 7.11 Å². The van der Waals surface area contributed by atoms with E-state index >= 15 is 0 Å². The van der Waals surface area contributed by atoms with E-state index in [9.17, 15) is 14.7 Å². The highest BCUT2D eigenvalue weighted by Crippen LogP contribution is 2.20. The van der Waals surface area contributed by atoms with Crippen LogP contribution in [0.25, 0.3) is 0 Å². The predicted octanol–water partition coefficient (Wildman–Crippen LogP) is 1.36. The van der Waals surface area contributed by atoms with Crippen LogP contribution in [0, 0.1) is 0 Å². The molecule has 1 N–H and O–H groups in total. The fourth-order valence-corrected chi connectivity index (χ4v) is 2.19. The van der Waals surface area contributed by atoms with Crippen molar-refractivity contribution < 1.29 is 28.9 Å². The van der Waals surface area contributed by atoms with Crippen molar-refractivity contribution in [2.24, 2.45) is 0 Å². The van der Waals surface area contributed by atoms with Crippen molar-refractivity contribution in [3.05, 3.63) is 12.2 Å². The van der Waals surface area contributed by atoms with Crippen LogP contribution in [-0.2, 0) is 23.8 Å². The second-order valence-corrected chi connectivity index (χ2v) is 5.10. The van der Waals surface area contributed by atoms with Gasteiger partial charge in [0, 0.05) is 14.0 Å². The number of ether oxygens (including phenoxy) is 3. The number of aliphatic hydroxyl groups excluding tert-OH is 1. The highest BCUT2D eigenvalue weighted by atomic mass is 16.6. The summed E-state index contributed by atoms with van der Waals surface area (Å²) in [6, 6.07) is 0. The summed E-state index contributed by atoms with van der Waals surface area (Å²) in [6.07, 6.45) is 3.19. The van der Waals surface area contributed by atoms with Crippen LogP contribution in [-0.4, -0.2) is 48.6 Å². The molecule has 0 saturated carbocycles. The van der Waals surface area contributed by atoms with Crippen LogP contribution in [0.15, 0.2) is 12.2 Å². The van der Waals surface area contributed by atoms with E-state index in [4.69, 9.17) is 14.2 Å². The molecule has 1 rings (SSSR count). The first kappa shape index (κ1) is 17.7. The van der Waals surface area contributed by atoms with E-state index in [1.165, 1.54) is 14.0 Å². The molecular formula is C15H24O6. The van der Waals surface area contributed by atoms with Crippen LogP contribution >= 0.6 is 0 Å². The van der Waals surface area contributed by atoms with Crippen molar-refractivity contribution in [1.82, 2.24) is 0 Å². The van der Waals surface area contributed by atoms with E-state index in [1.54, 1.807) is 12.2 Å². The second kappa shape index (κ2) is 8.79. The lowest BCUT2D eigenvalue weighted by atomic mass is 10.0. The van der Waals surface area contributed by atoms with E-state index in [1.807, 2.05) is 6.92 Å². The van der Waals surface area contributed by atoms with Gasteiger partial charge in [-0.15, -0.1) is 0 Å². The molecule has 0 unspecified atom stereocenters. The fraction of sp³-hybridized carbons (Fsp3) is 0.733. The quantitative estimate of drug-likeness (QED) is 0.564. The molecule has 0 radical (unpaired) electrons. The Kier molecular flexibility index (Phi) is 7.39.